The molecule has 0 radical (unpaired) electrons. The van der Waals surface area contributed by atoms with Crippen LogP contribution < -0.4 is 5.73 Å². The fraction of sp³-hybridized carbons (Fsp3) is 0.846. The maximum absolute atomic E-state index is 6.09. The van der Waals surface area contributed by atoms with Gasteiger partial charge < -0.3 is 15.0 Å². The number of hydrogen-bond donors (Lipinski definition) is 1. The molecule has 2 fully saturated rings. The molecule has 0 bridgehead atoms. The predicted molar refractivity (Wildman–Crippen MR) is 65.8 cm³/mol. The van der Waals surface area contributed by atoms with Crippen LogP contribution in [0, 0.1) is 0 Å². The smallest absolute Gasteiger partial charge is 0.246 e. The average Bonchev–Trinajstić information content (AvgIpc) is 3.01. The highest BCUT2D eigenvalue weighted by Gasteiger charge is 2.47. The van der Waals surface area contributed by atoms with Crippen LogP contribution in [0.2, 0.25) is 0 Å². The lowest BCUT2D eigenvalue weighted by Crippen LogP contribution is -2.29. The van der Waals surface area contributed by atoms with Crippen molar-refractivity contribution >= 4 is 0 Å². The van der Waals surface area contributed by atoms with E-state index in [0.717, 1.165) is 38.5 Å². The van der Waals surface area contributed by atoms with Gasteiger partial charge in [0.05, 0.1) is 5.54 Å². The Morgan fingerprint density at radius 1 is 1.11 bits per heavy atom. The highest BCUT2D eigenvalue weighted by molar-refractivity contribution is 5.14. The summed E-state index contributed by atoms with van der Waals surface area (Å²) in [5.74, 6) is 1.27. The summed E-state index contributed by atoms with van der Waals surface area (Å²) in [6, 6.07) is 0. The first-order valence-corrected chi connectivity index (χ1v) is 6.87. The number of nitrogens with two attached hydrogens (primary N) is 1. The van der Waals surface area contributed by atoms with Gasteiger partial charge >= 0.3 is 0 Å². The van der Waals surface area contributed by atoms with Gasteiger partial charge in [0.15, 0.2) is 0 Å². The molecule has 1 aromatic heterocycles. The highest BCUT2D eigenvalue weighted by atomic mass is 16.5. The predicted octanol–water partition coefficient (Wildman–Crippen LogP) is 2.21. The van der Waals surface area contributed by atoms with Gasteiger partial charge in [0.25, 0.3) is 0 Å². The Kier molecular flexibility index (Phi) is 2.90. The van der Waals surface area contributed by atoms with Gasteiger partial charge in [-0.05, 0) is 25.7 Å². The molecule has 0 unspecified atom stereocenters. The first-order valence-electron chi connectivity index (χ1n) is 6.87. The second-order valence-corrected chi connectivity index (χ2v) is 5.69. The third-order valence-electron chi connectivity index (χ3n) is 4.35. The Hall–Kier alpha value is -0.940. The van der Waals surface area contributed by atoms with Crippen LogP contribution in [-0.2, 0) is 15.9 Å². The van der Waals surface area contributed by atoms with E-state index in [2.05, 4.69) is 10.1 Å². The molecule has 2 aliphatic carbocycles. The van der Waals surface area contributed by atoms with E-state index < -0.39 is 0 Å². The van der Waals surface area contributed by atoms with E-state index in [4.69, 9.17) is 15.0 Å². The Balaban J connectivity index is 1.88. The summed E-state index contributed by atoms with van der Waals surface area (Å²) in [6.07, 6.45) is 8.66. The normalized spacial score (nSPS) is 25.7. The van der Waals surface area contributed by atoms with Crippen molar-refractivity contribution in [2.45, 2.75) is 62.5 Å². The number of hydrogen-bond acceptors (Lipinski definition) is 5. The van der Waals surface area contributed by atoms with Gasteiger partial charge in [-0.15, -0.1) is 0 Å². The minimum Gasteiger partial charge on any atom is -0.370 e. The van der Waals surface area contributed by atoms with E-state index in [-0.39, 0.29) is 11.1 Å². The molecule has 0 saturated heterocycles. The van der Waals surface area contributed by atoms with Gasteiger partial charge in [0.1, 0.15) is 5.60 Å². The van der Waals surface area contributed by atoms with Crippen LogP contribution >= 0.6 is 0 Å². The maximum atomic E-state index is 6.09. The molecule has 3 rings (SSSR count). The Bertz CT molecular complexity index is 418. The first-order chi connectivity index (χ1) is 8.69. The molecule has 1 aromatic rings. The second-order valence-electron chi connectivity index (χ2n) is 5.69. The summed E-state index contributed by atoms with van der Waals surface area (Å²) in [6.45, 7) is 0. The van der Waals surface area contributed by atoms with E-state index >= 15 is 0 Å². The van der Waals surface area contributed by atoms with Crippen LogP contribution in [0.25, 0.3) is 0 Å². The Morgan fingerprint density at radius 2 is 1.78 bits per heavy atom. The summed E-state index contributed by atoms with van der Waals surface area (Å²) < 4.78 is 11.1. The van der Waals surface area contributed by atoms with Gasteiger partial charge in [0.2, 0.25) is 11.7 Å². The van der Waals surface area contributed by atoms with Gasteiger partial charge in [0, 0.05) is 7.11 Å². The van der Waals surface area contributed by atoms with Crippen molar-refractivity contribution in [1.29, 1.82) is 0 Å². The molecule has 0 aliphatic heterocycles. The monoisotopic (exact) mass is 251 g/mol. The van der Waals surface area contributed by atoms with Gasteiger partial charge in [-0.3, -0.25) is 0 Å². The second kappa shape index (κ2) is 4.31. The molecule has 2 N–H and O–H groups in total. The Labute approximate surface area is 107 Å². The molecular weight excluding hydrogens is 230 g/mol. The number of rotatable bonds is 3. The summed E-state index contributed by atoms with van der Waals surface area (Å²) in [5, 5.41) is 4.14. The lowest BCUT2D eigenvalue weighted by molar-refractivity contribution is -0.0365. The topological polar surface area (TPSA) is 74.2 Å². The molecule has 0 amide bonds. The van der Waals surface area contributed by atoms with E-state index in [1.807, 2.05) is 0 Å². The SMILES string of the molecule is COC1(c2noc(C3(N)CC3)n2)CCCCCC1. The standard InChI is InChI=1S/C13H21N3O2/c1-17-13(6-4-2-3-5-7-13)10-15-11(18-16-10)12(14)8-9-12/h2-9,14H2,1H3. The van der Waals surface area contributed by atoms with Crippen molar-refractivity contribution in [3.63, 3.8) is 0 Å². The van der Waals surface area contributed by atoms with Gasteiger partial charge in [-0.25, -0.2) is 0 Å². The zero-order valence-electron chi connectivity index (χ0n) is 10.9. The molecule has 100 valence electrons. The maximum Gasteiger partial charge on any atom is 0.246 e. The van der Waals surface area contributed by atoms with Gasteiger partial charge in [-0.1, -0.05) is 30.8 Å². The van der Waals surface area contributed by atoms with Crippen molar-refractivity contribution in [2.75, 3.05) is 7.11 Å². The summed E-state index contributed by atoms with van der Waals surface area (Å²) >= 11 is 0. The molecule has 2 saturated carbocycles. The molecule has 0 atom stereocenters. The summed E-state index contributed by atoms with van der Waals surface area (Å²) in [5.41, 5.74) is 5.38. The molecule has 5 heteroatoms. The summed E-state index contributed by atoms with van der Waals surface area (Å²) in [4.78, 5) is 4.52. The number of ether oxygens (including phenoxy) is 1. The van der Waals surface area contributed by atoms with Gasteiger partial charge in [-0.2, -0.15) is 4.98 Å². The third-order valence-corrected chi connectivity index (χ3v) is 4.35. The van der Waals surface area contributed by atoms with Crippen LogP contribution in [0.5, 0.6) is 0 Å². The molecule has 2 aliphatic rings. The van der Waals surface area contributed by atoms with E-state index in [0.29, 0.717) is 11.7 Å². The van der Waals surface area contributed by atoms with Crippen LogP contribution in [0.4, 0.5) is 0 Å². The Morgan fingerprint density at radius 3 is 2.33 bits per heavy atom. The minimum atomic E-state index is -0.358. The van der Waals surface area contributed by atoms with Crippen molar-refractivity contribution in [1.82, 2.24) is 10.1 Å². The van der Waals surface area contributed by atoms with E-state index in [1.165, 1.54) is 12.8 Å². The molecule has 5 nitrogen and oxygen atoms in total. The molecular formula is C13H21N3O2. The lowest BCUT2D eigenvalue weighted by Gasteiger charge is -2.27. The molecule has 1 heterocycles. The summed E-state index contributed by atoms with van der Waals surface area (Å²) in [7, 11) is 1.75. The molecule has 0 spiro atoms. The molecule has 18 heavy (non-hydrogen) atoms. The zero-order valence-corrected chi connectivity index (χ0v) is 10.9. The zero-order chi connectivity index (χ0) is 12.6. The van der Waals surface area contributed by atoms with Crippen LogP contribution in [-0.4, -0.2) is 17.3 Å². The highest BCUT2D eigenvalue weighted by Crippen LogP contribution is 2.43. The number of methoxy groups -OCH3 is 1. The lowest BCUT2D eigenvalue weighted by atomic mass is 9.93. The largest absolute Gasteiger partial charge is 0.370 e. The molecule has 0 aromatic carbocycles. The van der Waals surface area contributed by atoms with Crippen molar-refractivity contribution in [3.05, 3.63) is 11.7 Å². The van der Waals surface area contributed by atoms with E-state index in [1.54, 1.807) is 7.11 Å². The fourth-order valence-corrected chi connectivity index (χ4v) is 2.78. The number of nitrogens with zero attached hydrogens (tertiary/aromatic N) is 2. The fourth-order valence-electron chi connectivity index (χ4n) is 2.78. The third kappa shape index (κ3) is 1.95. The first kappa shape index (κ1) is 12.1. The van der Waals surface area contributed by atoms with Crippen LogP contribution in [0.15, 0.2) is 4.52 Å². The average molecular weight is 251 g/mol. The van der Waals surface area contributed by atoms with E-state index in [9.17, 15) is 0 Å². The van der Waals surface area contributed by atoms with Crippen LogP contribution in [0.1, 0.15) is 63.1 Å². The van der Waals surface area contributed by atoms with Crippen molar-refractivity contribution in [2.24, 2.45) is 5.73 Å². The number of aromatic nitrogens is 2. The quantitative estimate of drug-likeness (QED) is 0.834. The van der Waals surface area contributed by atoms with Crippen molar-refractivity contribution in [3.8, 4) is 0 Å². The van der Waals surface area contributed by atoms with Crippen LogP contribution in [0.3, 0.4) is 0 Å². The minimum absolute atomic E-state index is 0.356. The van der Waals surface area contributed by atoms with Crippen molar-refractivity contribution < 1.29 is 9.26 Å².